The Labute approximate surface area is 186 Å². The number of benzene rings is 4. The number of hydrogen-bond acceptors (Lipinski definition) is 0. The first kappa shape index (κ1) is 21.0. The molecule has 3 heteroatoms. The molecule has 0 aromatic heterocycles. The standard InChI is InChI=1S/C25H22IP.ClH/c26-27(23-15-7-2-8-16-23,24-17-9-3-10-18-24,25-19-11-4-12-20-25)21-22-13-5-1-6-14-22;/h1-20H,21H2;1H. The summed E-state index contributed by atoms with van der Waals surface area (Å²) in [5.41, 5.74) is 1.38. The molecule has 0 aliphatic rings. The predicted molar refractivity (Wildman–Crippen MR) is 137 cm³/mol. The molecule has 0 aliphatic carbocycles. The van der Waals surface area contributed by atoms with Gasteiger partial charge in [-0.1, -0.05) is 0 Å². The van der Waals surface area contributed by atoms with E-state index in [1.807, 2.05) is 0 Å². The Morgan fingerprint density at radius 3 is 1.07 bits per heavy atom. The molecule has 0 saturated heterocycles. The summed E-state index contributed by atoms with van der Waals surface area (Å²) in [7, 11) is 0. The summed E-state index contributed by atoms with van der Waals surface area (Å²) in [6, 6.07) is 44.2. The van der Waals surface area contributed by atoms with Gasteiger partial charge in [0.15, 0.2) is 0 Å². The van der Waals surface area contributed by atoms with E-state index in [1.54, 1.807) is 0 Å². The van der Waals surface area contributed by atoms with Crippen LogP contribution in [-0.2, 0) is 6.16 Å². The summed E-state index contributed by atoms with van der Waals surface area (Å²) < 4.78 is -2.71. The summed E-state index contributed by atoms with van der Waals surface area (Å²) >= 11 is 2.84. The average Bonchev–Trinajstić information content (AvgIpc) is 2.76. The first-order valence-corrected chi connectivity index (χ1v) is 14.4. The van der Waals surface area contributed by atoms with Gasteiger partial charge in [-0.25, -0.2) is 0 Å². The monoisotopic (exact) mass is 516 g/mol. The van der Waals surface area contributed by atoms with Gasteiger partial charge in [-0.3, -0.25) is 0 Å². The first-order valence-electron chi connectivity index (χ1n) is 9.15. The van der Waals surface area contributed by atoms with Gasteiger partial charge in [-0.05, 0) is 0 Å². The molecule has 0 nitrogen and oxygen atoms in total. The van der Waals surface area contributed by atoms with Gasteiger partial charge in [0, 0.05) is 0 Å². The van der Waals surface area contributed by atoms with Crippen molar-refractivity contribution in [2.24, 2.45) is 0 Å². The zero-order chi connectivity index (χ0) is 18.6. The maximum atomic E-state index is 2.84. The van der Waals surface area contributed by atoms with E-state index in [9.17, 15) is 0 Å². The first-order chi connectivity index (χ1) is 13.2. The third kappa shape index (κ3) is 3.64. The Morgan fingerprint density at radius 1 is 0.464 bits per heavy atom. The van der Waals surface area contributed by atoms with Crippen LogP contribution in [0.15, 0.2) is 121 Å². The van der Waals surface area contributed by atoms with Crippen molar-refractivity contribution in [3.05, 3.63) is 127 Å². The molecule has 0 spiro atoms. The molecule has 142 valence electrons. The Hall–Kier alpha value is -1.67. The summed E-state index contributed by atoms with van der Waals surface area (Å²) in [6.45, 7) is 0. The summed E-state index contributed by atoms with van der Waals surface area (Å²) in [4.78, 5) is 0. The van der Waals surface area contributed by atoms with E-state index in [-0.39, 0.29) is 12.4 Å². The summed E-state index contributed by atoms with van der Waals surface area (Å²) in [6.07, 6.45) is 1.00. The van der Waals surface area contributed by atoms with Gasteiger partial charge in [0.05, 0.1) is 0 Å². The molecule has 0 aliphatic heterocycles. The fourth-order valence-corrected chi connectivity index (χ4v) is 12.7. The molecule has 0 radical (unpaired) electrons. The predicted octanol–water partition coefficient (Wildman–Crippen LogP) is 6.49. The van der Waals surface area contributed by atoms with Crippen molar-refractivity contribution >= 4 is 54.6 Å². The second-order valence-electron chi connectivity index (χ2n) is 6.83. The molecule has 0 N–H and O–H groups in total. The number of rotatable bonds is 5. The van der Waals surface area contributed by atoms with Crippen LogP contribution in [0.2, 0.25) is 0 Å². The van der Waals surface area contributed by atoms with E-state index in [1.165, 1.54) is 21.5 Å². The quantitative estimate of drug-likeness (QED) is 0.210. The Bertz CT molecular complexity index is 906. The zero-order valence-corrected chi connectivity index (χ0v) is 19.4. The van der Waals surface area contributed by atoms with Gasteiger partial charge >= 0.3 is 175 Å². The second-order valence-corrected chi connectivity index (χ2v) is 17.5. The van der Waals surface area contributed by atoms with Crippen LogP contribution >= 0.6 is 38.7 Å². The van der Waals surface area contributed by atoms with Crippen LogP contribution in [0.25, 0.3) is 0 Å². The third-order valence-corrected chi connectivity index (χ3v) is 16.3. The van der Waals surface area contributed by atoms with E-state index in [0.29, 0.717) is 0 Å². The fourth-order valence-electron chi connectivity index (χ4n) is 3.86. The molecule has 4 aromatic rings. The number of halogens is 2. The molecule has 4 rings (SSSR count). The minimum absolute atomic E-state index is 0. The van der Waals surface area contributed by atoms with Crippen molar-refractivity contribution in [1.82, 2.24) is 0 Å². The van der Waals surface area contributed by atoms with E-state index in [2.05, 4.69) is 143 Å². The maximum absolute atomic E-state index is 2.84. The van der Waals surface area contributed by atoms with Crippen LogP contribution in [0.1, 0.15) is 5.56 Å². The molecule has 4 aromatic carbocycles. The average molecular weight is 517 g/mol. The molecule has 0 heterocycles. The third-order valence-electron chi connectivity index (χ3n) is 5.21. The van der Waals surface area contributed by atoms with Crippen LogP contribution < -0.4 is 15.9 Å². The van der Waals surface area contributed by atoms with Crippen molar-refractivity contribution in [3.8, 4) is 0 Å². The van der Waals surface area contributed by atoms with Crippen LogP contribution in [-0.4, -0.2) is 0 Å². The van der Waals surface area contributed by atoms with Gasteiger partial charge in [-0.2, -0.15) is 0 Å². The van der Waals surface area contributed by atoms with Crippen LogP contribution in [0.3, 0.4) is 0 Å². The molecule has 0 atom stereocenters. The van der Waals surface area contributed by atoms with Crippen molar-refractivity contribution in [2.45, 2.75) is 6.16 Å². The van der Waals surface area contributed by atoms with Gasteiger partial charge < -0.3 is 0 Å². The van der Waals surface area contributed by atoms with Crippen molar-refractivity contribution in [2.75, 3.05) is 0 Å². The van der Waals surface area contributed by atoms with E-state index >= 15 is 0 Å². The second kappa shape index (κ2) is 8.78. The van der Waals surface area contributed by atoms with Crippen LogP contribution in [0.4, 0.5) is 0 Å². The van der Waals surface area contributed by atoms with E-state index in [0.717, 1.165) is 6.16 Å². The van der Waals surface area contributed by atoms with Gasteiger partial charge in [0.25, 0.3) is 0 Å². The topological polar surface area (TPSA) is 0 Å². The molecule has 28 heavy (non-hydrogen) atoms. The molecule has 0 saturated carbocycles. The van der Waals surface area contributed by atoms with Crippen LogP contribution in [0.5, 0.6) is 0 Å². The Kier molecular flexibility index (Phi) is 6.60. The molecule has 0 bridgehead atoms. The van der Waals surface area contributed by atoms with E-state index in [4.69, 9.17) is 0 Å². The van der Waals surface area contributed by atoms with Gasteiger partial charge in [0.2, 0.25) is 0 Å². The number of hydrogen-bond donors (Lipinski definition) is 0. The minimum atomic E-state index is -2.71. The fraction of sp³-hybridized carbons (Fsp3) is 0.0400. The summed E-state index contributed by atoms with van der Waals surface area (Å²) in [5, 5.41) is 4.26. The van der Waals surface area contributed by atoms with Crippen molar-refractivity contribution < 1.29 is 0 Å². The molecule has 0 amide bonds. The van der Waals surface area contributed by atoms with Gasteiger partial charge in [0.1, 0.15) is 0 Å². The van der Waals surface area contributed by atoms with Gasteiger partial charge in [-0.15, -0.1) is 12.4 Å². The summed E-state index contributed by atoms with van der Waals surface area (Å²) in [5.74, 6) is 0. The Balaban J connectivity index is 0.00000225. The Morgan fingerprint density at radius 2 is 0.750 bits per heavy atom. The molecule has 0 unspecified atom stereocenters. The normalized spacial score (nSPS) is 12.4. The van der Waals surface area contributed by atoms with Crippen molar-refractivity contribution in [3.63, 3.8) is 0 Å². The van der Waals surface area contributed by atoms with E-state index < -0.39 is 4.25 Å². The molecule has 0 fully saturated rings. The SMILES string of the molecule is Cl.IP(Cc1ccccc1)(c1ccccc1)(c1ccccc1)c1ccccc1. The van der Waals surface area contributed by atoms with Crippen molar-refractivity contribution in [1.29, 1.82) is 0 Å². The van der Waals surface area contributed by atoms with Crippen LogP contribution in [0, 0.1) is 0 Å². The molecular weight excluding hydrogens is 494 g/mol. The molecular formula is C25H23ClIP. The zero-order valence-electron chi connectivity index (χ0n) is 15.5.